The van der Waals surface area contributed by atoms with E-state index in [1.54, 1.807) is 25.3 Å². The Balaban J connectivity index is 1.46. The van der Waals surface area contributed by atoms with Gasteiger partial charge in [-0.05, 0) is 46.2 Å². The summed E-state index contributed by atoms with van der Waals surface area (Å²) in [6.45, 7) is 0.349. The molecule has 0 unspecified atom stereocenters. The highest BCUT2D eigenvalue weighted by Gasteiger charge is 2.11. The number of methoxy groups -OCH3 is 1. The van der Waals surface area contributed by atoms with E-state index in [0.717, 1.165) is 16.3 Å². The van der Waals surface area contributed by atoms with E-state index in [1.807, 2.05) is 24.3 Å². The quantitative estimate of drug-likeness (QED) is 0.226. The van der Waals surface area contributed by atoms with Gasteiger partial charge >= 0.3 is 0 Å². The third-order valence-corrected chi connectivity index (χ3v) is 5.15. The zero-order chi connectivity index (χ0) is 23.9. The van der Waals surface area contributed by atoms with E-state index in [0.29, 0.717) is 23.7 Å². The fraction of sp³-hybridized carbons (Fsp3) is 0.0769. The molecule has 0 atom stereocenters. The summed E-state index contributed by atoms with van der Waals surface area (Å²) in [7, 11) is 1.56. The number of ether oxygens (including phenoxy) is 2. The molecule has 0 fully saturated rings. The Labute approximate surface area is 195 Å². The first-order valence-corrected chi connectivity index (χ1v) is 10.4. The molecule has 0 heterocycles. The van der Waals surface area contributed by atoms with E-state index < -0.39 is 10.8 Å². The average molecular weight is 455 g/mol. The van der Waals surface area contributed by atoms with Crippen molar-refractivity contribution < 1.29 is 19.2 Å². The molecule has 170 valence electrons. The predicted octanol–water partition coefficient (Wildman–Crippen LogP) is 5.10. The van der Waals surface area contributed by atoms with E-state index >= 15 is 0 Å². The van der Waals surface area contributed by atoms with Gasteiger partial charge in [0.05, 0.1) is 18.2 Å². The molecule has 0 spiro atoms. The maximum atomic E-state index is 12.3. The maximum absolute atomic E-state index is 12.3. The Morgan fingerprint density at radius 2 is 1.79 bits per heavy atom. The van der Waals surface area contributed by atoms with Crippen LogP contribution in [0.25, 0.3) is 10.8 Å². The molecular formula is C26H21N3O5. The summed E-state index contributed by atoms with van der Waals surface area (Å²) in [5.74, 6) is 0.545. The fourth-order valence-electron chi connectivity index (χ4n) is 3.45. The van der Waals surface area contributed by atoms with Gasteiger partial charge in [-0.2, -0.15) is 5.10 Å². The van der Waals surface area contributed by atoms with Crippen LogP contribution in [0.15, 0.2) is 90.0 Å². The van der Waals surface area contributed by atoms with Crippen molar-refractivity contribution in [2.45, 2.75) is 6.61 Å². The largest absolute Gasteiger partial charge is 0.493 e. The van der Waals surface area contributed by atoms with Crippen LogP contribution in [0.2, 0.25) is 0 Å². The van der Waals surface area contributed by atoms with Gasteiger partial charge in [0.1, 0.15) is 6.61 Å². The van der Waals surface area contributed by atoms with Gasteiger partial charge in [0.15, 0.2) is 11.5 Å². The van der Waals surface area contributed by atoms with Crippen molar-refractivity contribution in [3.8, 4) is 11.5 Å². The number of hydrazone groups is 1. The molecule has 1 N–H and O–H groups in total. The van der Waals surface area contributed by atoms with Gasteiger partial charge in [-0.3, -0.25) is 14.9 Å². The van der Waals surface area contributed by atoms with Crippen LogP contribution in [-0.4, -0.2) is 24.2 Å². The Hall–Kier alpha value is -4.72. The third kappa shape index (κ3) is 5.18. The Morgan fingerprint density at radius 1 is 1.00 bits per heavy atom. The van der Waals surface area contributed by atoms with Crippen LogP contribution < -0.4 is 14.9 Å². The summed E-state index contributed by atoms with van der Waals surface area (Å²) in [6.07, 6.45) is 1.46. The topological polar surface area (TPSA) is 103 Å². The van der Waals surface area contributed by atoms with Gasteiger partial charge in [0.2, 0.25) is 0 Å². The molecule has 0 saturated heterocycles. The summed E-state index contributed by atoms with van der Waals surface area (Å²) in [5, 5.41) is 17.1. The summed E-state index contributed by atoms with van der Waals surface area (Å²) in [5.41, 5.74) is 4.07. The Morgan fingerprint density at radius 3 is 2.62 bits per heavy atom. The number of amides is 1. The van der Waals surface area contributed by atoms with Gasteiger partial charge in [-0.15, -0.1) is 0 Å². The molecule has 4 aromatic carbocycles. The average Bonchev–Trinajstić information content (AvgIpc) is 2.87. The molecule has 0 radical (unpaired) electrons. The number of nitro groups is 1. The minimum atomic E-state index is -0.558. The van der Waals surface area contributed by atoms with Crippen molar-refractivity contribution in [1.82, 2.24) is 5.43 Å². The summed E-state index contributed by atoms with van der Waals surface area (Å²) in [6, 6.07) is 24.9. The van der Waals surface area contributed by atoms with Crippen molar-refractivity contribution in [2.24, 2.45) is 5.10 Å². The summed E-state index contributed by atoms with van der Waals surface area (Å²) >= 11 is 0. The van der Waals surface area contributed by atoms with Crippen molar-refractivity contribution >= 4 is 28.6 Å². The molecule has 34 heavy (non-hydrogen) atoms. The third-order valence-electron chi connectivity index (χ3n) is 5.15. The van der Waals surface area contributed by atoms with E-state index in [-0.39, 0.29) is 11.3 Å². The lowest BCUT2D eigenvalue weighted by Gasteiger charge is -2.13. The molecule has 1 amide bonds. The Kier molecular flexibility index (Phi) is 6.78. The highest BCUT2D eigenvalue weighted by molar-refractivity contribution is 5.95. The molecule has 0 aliphatic rings. The molecule has 4 rings (SSSR count). The lowest BCUT2D eigenvalue weighted by Crippen LogP contribution is -2.17. The van der Waals surface area contributed by atoms with Crippen LogP contribution in [-0.2, 0) is 6.61 Å². The molecular weight excluding hydrogens is 434 g/mol. The zero-order valence-corrected chi connectivity index (χ0v) is 18.3. The van der Waals surface area contributed by atoms with Crippen molar-refractivity contribution in [2.75, 3.05) is 7.11 Å². The number of nitro benzene ring substituents is 1. The van der Waals surface area contributed by atoms with Crippen molar-refractivity contribution in [3.63, 3.8) is 0 Å². The van der Waals surface area contributed by atoms with Crippen LogP contribution in [0.5, 0.6) is 11.5 Å². The highest BCUT2D eigenvalue weighted by Crippen LogP contribution is 2.29. The predicted molar refractivity (Wildman–Crippen MR) is 129 cm³/mol. The minimum Gasteiger partial charge on any atom is -0.493 e. The minimum absolute atomic E-state index is 0.139. The van der Waals surface area contributed by atoms with Gasteiger partial charge in [0, 0.05) is 17.7 Å². The molecule has 0 bridgehead atoms. The van der Waals surface area contributed by atoms with Crippen LogP contribution >= 0.6 is 0 Å². The number of fused-ring (bicyclic) bond motifs is 1. The maximum Gasteiger partial charge on any atom is 0.271 e. The SMILES string of the molecule is COc1ccc(/C=N\NC(=O)c2cccc([N+](=O)[O-])c2)cc1OCc1cccc2ccccc12. The first-order chi connectivity index (χ1) is 16.5. The molecule has 0 aliphatic heterocycles. The number of carbonyl (C=O) groups is 1. The van der Waals surface area contributed by atoms with Crippen LogP contribution in [0.4, 0.5) is 5.69 Å². The van der Waals surface area contributed by atoms with Crippen LogP contribution in [0.1, 0.15) is 21.5 Å². The summed E-state index contributed by atoms with van der Waals surface area (Å²) in [4.78, 5) is 22.6. The van der Waals surface area contributed by atoms with E-state index in [9.17, 15) is 14.9 Å². The smallest absolute Gasteiger partial charge is 0.271 e. The van der Waals surface area contributed by atoms with E-state index in [1.165, 1.54) is 30.5 Å². The molecule has 0 aliphatic carbocycles. The number of non-ortho nitro benzene ring substituents is 1. The normalized spacial score (nSPS) is 10.9. The van der Waals surface area contributed by atoms with Gasteiger partial charge in [-0.25, -0.2) is 5.43 Å². The van der Waals surface area contributed by atoms with Crippen molar-refractivity contribution in [3.05, 3.63) is 112 Å². The lowest BCUT2D eigenvalue weighted by molar-refractivity contribution is -0.384. The lowest BCUT2D eigenvalue weighted by atomic mass is 10.1. The number of hydrogen-bond donors (Lipinski definition) is 1. The fourth-order valence-corrected chi connectivity index (χ4v) is 3.45. The number of nitrogens with zero attached hydrogens (tertiary/aromatic N) is 2. The number of carbonyl (C=O) groups excluding carboxylic acids is 1. The number of hydrogen-bond acceptors (Lipinski definition) is 6. The first kappa shape index (κ1) is 22.5. The van der Waals surface area contributed by atoms with Gasteiger partial charge < -0.3 is 9.47 Å². The monoisotopic (exact) mass is 455 g/mol. The second-order valence-electron chi connectivity index (χ2n) is 7.34. The van der Waals surface area contributed by atoms with Crippen LogP contribution in [0, 0.1) is 10.1 Å². The summed E-state index contributed by atoms with van der Waals surface area (Å²) < 4.78 is 11.5. The molecule has 8 heteroatoms. The number of rotatable bonds is 8. The van der Waals surface area contributed by atoms with Gasteiger partial charge in [0.25, 0.3) is 11.6 Å². The zero-order valence-electron chi connectivity index (χ0n) is 18.3. The van der Waals surface area contributed by atoms with E-state index in [2.05, 4.69) is 28.7 Å². The second kappa shape index (κ2) is 10.3. The number of benzene rings is 4. The first-order valence-electron chi connectivity index (χ1n) is 10.4. The standard InChI is InChI=1S/C26H21N3O5/c1-33-24-13-12-18(16-27-28-26(30)20-8-5-10-22(15-20)29(31)32)14-25(24)34-17-21-9-4-7-19-6-2-3-11-23(19)21/h2-16H,17H2,1H3,(H,28,30)/b27-16-. The Bertz CT molecular complexity index is 1380. The van der Waals surface area contributed by atoms with E-state index in [4.69, 9.17) is 9.47 Å². The van der Waals surface area contributed by atoms with Crippen molar-refractivity contribution in [1.29, 1.82) is 0 Å². The molecule has 0 aromatic heterocycles. The molecule has 0 saturated carbocycles. The molecule has 4 aromatic rings. The highest BCUT2D eigenvalue weighted by atomic mass is 16.6. The second-order valence-corrected chi connectivity index (χ2v) is 7.34. The molecule has 8 nitrogen and oxygen atoms in total. The van der Waals surface area contributed by atoms with Gasteiger partial charge in [-0.1, -0.05) is 48.5 Å². The number of nitrogens with one attached hydrogen (secondary N) is 1. The van der Waals surface area contributed by atoms with Crippen LogP contribution in [0.3, 0.4) is 0 Å².